The zero-order valence-corrected chi connectivity index (χ0v) is 12.2. The van der Waals surface area contributed by atoms with Gasteiger partial charge in [0.1, 0.15) is 0 Å². The number of hydrogen-bond acceptors (Lipinski definition) is 3. The molecule has 1 aromatic carbocycles. The molecule has 0 heterocycles. The van der Waals surface area contributed by atoms with E-state index in [1.54, 1.807) is 0 Å². The summed E-state index contributed by atoms with van der Waals surface area (Å²) in [6.45, 7) is 8.08. The van der Waals surface area contributed by atoms with Crippen LogP contribution in [0.15, 0.2) is 30.3 Å². The molecule has 0 amide bonds. The Morgan fingerprint density at radius 3 is 2.42 bits per heavy atom. The summed E-state index contributed by atoms with van der Waals surface area (Å²) in [5, 5.41) is 9.80. The lowest BCUT2D eigenvalue weighted by Crippen LogP contribution is -2.39. The van der Waals surface area contributed by atoms with Gasteiger partial charge < -0.3 is 10.0 Å². The van der Waals surface area contributed by atoms with Crippen molar-refractivity contribution in [3.05, 3.63) is 35.9 Å². The Hall–Kier alpha value is -1.19. The Morgan fingerprint density at radius 2 is 1.89 bits per heavy atom. The number of ketones is 1. The number of hydrogen-bond donors (Lipinski definition) is 1. The fourth-order valence-corrected chi connectivity index (χ4v) is 2.13. The molecule has 0 unspecified atom stereocenters. The van der Waals surface area contributed by atoms with Crippen molar-refractivity contribution >= 4 is 5.78 Å². The summed E-state index contributed by atoms with van der Waals surface area (Å²) in [5.41, 5.74) is 0.104. The number of nitrogens with zero attached hydrogens (tertiary/aromatic N) is 1. The van der Waals surface area contributed by atoms with Gasteiger partial charge in [-0.25, -0.2) is 0 Å². The third-order valence-corrected chi connectivity index (χ3v) is 3.03. The molecule has 1 aromatic rings. The highest BCUT2D eigenvalue weighted by Gasteiger charge is 2.17. The Bertz CT molecular complexity index is 381. The first-order valence-electron chi connectivity index (χ1n) is 6.95. The van der Waals surface area contributed by atoms with E-state index in [1.807, 2.05) is 44.2 Å². The van der Waals surface area contributed by atoms with E-state index in [4.69, 9.17) is 0 Å². The molecule has 0 aliphatic carbocycles. The van der Waals surface area contributed by atoms with E-state index < -0.39 is 5.60 Å². The van der Waals surface area contributed by atoms with Gasteiger partial charge in [-0.05, 0) is 33.4 Å². The maximum absolute atomic E-state index is 11.9. The number of carbonyl (C=O) groups excluding carboxylic acids is 1. The molecular weight excluding hydrogens is 238 g/mol. The van der Waals surface area contributed by atoms with Crippen LogP contribution in [0.25, 0.3) is 0 Å². The average Bonchev–Trinajstić information content (AvgIpc) is 2.37. The van der Waals surface area contributed by atoms with Crippen LogP contribution in [0.1, 0.15) is 44.0 Å². The average molecular weight is 263 g/mol. The van der Waals surface area contributed by atoms with Gasteiger partial charge in [0.25, 0.3) is 0 Å². The number of likely N-dealkylation sites (N-methyl/N-ethyl adjacent to an activating group) is 1. The maximum atomic E-state index is 11.9. The van der Waals surface area contributed by atoms with Crippen LogP contribution < -0.4 is 0 Å². The van der Waals surface area contributed by atoms with Crippen LogP contribution in [-0.4, -0.2) is 41.0 Å². The minimum Gasteiger partial charge on any atom is -0.389 e. The molecule has 0 aliphatic rings. The second-order valence-corrected chi connectivity index (χ2v) is 5.57. The molecule has 19 heavy (non-hydrogen) atoms. The van der Waals surface area contributed by atoms with Crippen LogP contribution in [0.2, 0.25) is 0 Å². The van der Waals surface area contributed by atoms with E-state index in [9.17, 15) is 9.90 Å². The fraction of sp³-hybridized carbons (Fsp3) is 0.562. The topological polar surface area (TPSA) is 40.5 Å². The van der Waals surface area contributed by atoms with Gasteiger partial charge in [-0.15, -0.1) is 0 Å². The zero-order valence-electron chi connectivity index (χ0n) is 12.2. The molecule has 3 heteroatoms. The van der Waals surface area contributed by atoms with Crippen molar-refractivity contribution in [3.8, 4) is 0 Å². The highest BCUT2D eigenvalue weighted by molar-refractivity contribution is 5.95. The van der Waals surface area contributed by atoms with Crippen molar-refractivity contribution in [2.45, 2.75) is 39.2 Å². The third kappa shape index (κ3) is 6.50. The fourth-order valence-electron chi connectivity index (χ4n) is 2.13. The number of carbonyl (C=O) groups is 1. The molecule has 0 saturated heterocycles. The van der Waals surface area contributed by atoms with E-state index in [0.717, 1.165) is 25.1 Å². The van der Waals surface area contributed by atoms with Crippen molar-refractivity contribution in [2.75, 3.05) is 19.6 Å². The lowest BCUT2D eigenvalue weighted by molar-refractivity contribution is 0.0374. The van der Waals surface area contributed by atoms with Gasteiger partial charge in [0.2, 0.25) is 0 Å². The van der Waals surface area contributed by atoms with E-state index in [-0.39, 0.29) is 5.78 Å². The zero-order chi connectivity index (χ0) is 14.3. The van der Waals surface area contributed by atoms with Crippen LogP contribution >= 0.6 is 0 Å². The lowest BCUT2D eigenvalue weighted by Gasteiger charge is -2.27. The molecule has 0 aromatic heterocycles. The number of benzene rings is 1. The van der Waals surface area contributed by atoms with E-state index >= 15 is 0 Å². The van der Waals surface area contributed by atoms with Crippen LogP contribution in [0, 0.1) is 0 Å². The Labute approximate surface area is 116 Å². The van der Waals surface area contributed by atoms with Crippen LogP contribution in [0.4, 0.5) is 0 Å². The Morgan fingerprint density at radius 1 is 1.26 bits per heavy atom. The molecule has 106 valence electrons. The second-order valence-electron chi connectivity index (χ2n) is 5.57. The summed E-state index contributed by atoms with van der Waals surface area (Å²) in [5.74, 6) is 0.194. The van der Waals surface area contributed by atoms with Crippen LogP contribution in [-0.2, 0) is 0 Å². The molecular formula is C16H25NO2. The number of aliphatic hydroxyl groups is 1. The Kier molecular flexibility index (Phi) is 6.19. The van der Waals surface area contributed by atoms with Gasteiger partial charge in [-0.2, -0.15) is 0 Å². The molecule has 0 spiro atoms. The van der Waals surface area contributed by atoms with E-state index in [2.05, 4.69) is 11.8 Å². The molecule has 0 fully saturated rings. The van der Waals surface area contributed by atoms with Crippen molar-refractivity contribution in [3.63, 3.8) is 0 Å². The minimum atomic E-state index is -0.681. The molecule has 0 bridgehead atoms. The standard InChI is InChI=1S/C16H25NO2/c1-4-17(13-16(2,3)19)12-8-11-15(18)14-9-6-5-7-10-14/h5-7,9-10,19H,4,8,11-13H2,1-3H3. The van der Waals surface area contributed by atoms with Crippen molar-refractivity contribution in [2.24, 2.45) is 0 Å². The van der Waals surface area contributed by atoms with Gasteiger partial charge in [-0.3, -0.25) is 4.79 Å². The molecule has 0 atom stereocenters. The molecule has 1 N–H and O–H groups in total. The van der Waals surface area contributed by atoms with Crippen LogP contribution in [0.5, 0.6) is 0 Å². The van der Waals surface area contributed by atoms with Crippen LogP contribution in [0.3, 0.4) is 0 Å². The second kappa shape index (κ2) is 7.41. The van der Waals surface area contributed by atoms with Gasteiger partial charge >= 0.3 is 0 Å². The summed E-state index contributed by atoms with van der Waals surface area (Å²) < 4.78 is 0. The maximum Gasteiger partial charge on any atom is 0.162 e. The molecule has 0 aliphatic heterocycles. The summed E-state index contributed by atoms with van der Waals surface area (Å²) in [6, 6.07) is 9.41. The number of Topliss-reactive ketones (excluding diaryl/α,β-unsaturated/α-hetero) is 1. The molecule has 3 nitrogen and oxygen atoms in total. The summed E-state index contributed by atoms with van der Waals surface area (Å²) >= 11 is 0. The predicted octanol–water partition coefficient (Wildman–Crippen LogP) is 2.74. The van der Waals surface area contributed by atoms with Gasteiger partial charge in [0.15, 0.2) is 5.78 Å². The summed E-state index contributed by atoms with van der Waals surface area (Å²) in [7, 11) is 0. The third-order valence-electron chi connectivity index (χ3n) is 3.03. The minimum absolute atomic E-state index is 0.194. The van der Waals surface area contributed by atoms with E-state index in [0.29, 0.717) is 13.0 Å². The SMILES string of the molecule is CCN(CCCC(=O)c1ccccc1)CC(C)(C)O. The Balaban J connectivity index is 2.35. The monoisotopic (exact) mass is 263 g/mol. The van der Waals surface area contributed by atoms with Crippen molar-refractivity contribution in [1.29, 1.82) is 0 Å². The van der Waals surface area contributed by atoms with E-state index in [1.165, 1.54) is 0 Å². The number of rotatable bonds is 8. The normalized spacial score (nSPS) is 11.8. The van der Waals surface area contributed by atoms with Gasteiger partial charge in [0, 0.05) is 18.5 Å². The smallest absolute Gasteiger partial charge is 0.162 e. The summed E-state index contributed by atoms with van der Waals surface area (Å²) in [6.07, 6.45) is 1.39. The molecule has 1 rings (SSSR count). The first kappa shape index (κ1) is 15.9. The van der Waals surface area contributed by atoms with Gasteiger partial charge in [0.05, 0.1) is 5.60 Å². The lowest BCUT2D eigenvalue weighted by atomic mass is 10.1. The molecule has 0 saturated carbocycles. The first-order valence-corrected chi connectivity index (χ1v) is 6.95. The van der Waals surface area contributed by atoms with Crippen molar-refractivity contribution in [1.82, 2.24) is 4.90 Å². The summed E-state index contributed by atoms with van der Waals surface area (Å²) in [4.78, 5) is 14.1. The van der Waals surface area contributed by atoms with Gasteiger partial charge in [-0.1, -0.05) is 37.3 Å². The highest BCUT2D eigenvalue weighted by atomic mass is 16.3. The largest absolute Gasteiger partial charge is 0.389 e. The quantitative estimate of drug-likeness (QED) is 0.733. The predicted molar refractivity (Wildman–Crippen MR) is 78.4 cm³/mol. The first-order chi connectivity index (χ1) is 8.92. The molecule has 0 radical (unpaired) electrons. The highest BCUT2D eigenvalue weighted by Crippen LogP contribution is 2.08. The van der Waals surface area contributed by atoms with Crippen molar-refractivity contribution < 1.29 is 9.90 Å².